The van der Waals surface area contributed by atoms with Crippen molar-refractivity contribution in [2.45, 2.75) is 18.9 Å². The van der Waals surface area contributed by atoms with Crippen molar-refractivity contribution in [1.29, 1.82) is 0 Å². The molecule has 1 aliphatic rings. The lowest BCUT2D eigenvalue weighted by atomic mass is 10.2. The van der Waals surface area contributed by atoms with Crippen LogP contribution in [-0.2, 0) is 4.74 Å². The normalized spacial score (nSPS) is 28.9. The van der Waals surface area contributed by atoms with Crippen LogP contribution in [0.2, 0.25) is 0 Å². The molecule has 1 rings (SSSR count). The zero-order valence-electron chi connectivity index (χ0n) is 4.71. The van der Waals surface area contributed by atoms with Crippen LogP contribution in [0, 0.1) is 0 Å². The Kier molecular flexibility index (Phi) is 1.92. The molecule has 1 aliphatic heterocycles. The van der Waals surface area contributed by atoms with Crippen molar-refractivity contribution >= 4 is 0 Å². The van der Waals surface area contributed by atoms with Gasteiger partial charge in [0.15, 0.2) is 0 Å². The Hall–Kier alpha value is -0.500. The largest absolute Gasteiger partial charge is 0.499 e. The third-order valence-corrected chi connectivity index (χ3v) is 1.15. The molecule has 2 heteroatoms. The molecule has 8 heavy (non-hydrogen) atoms. The summed E-state index contributed by atoms with van der Waals surface area (Å²) in [7, 11) is 0. The molecule has 0 aromatic rings. The van der Waals surface area contributed by atoms with Crippen molar-refractivity contribution in [2.24, 2.45) is 0 Å². The van der Waals surface area contributed by atoms with Gasteiger partial charge >= 0.3 is 0 Å². The van der Waals surface area contributed by atoms with Gasteiger partial charge in [-0.25, -0.2) is 0 Å². The quantitative estimate of drug-likeness (QED) is 0.501. The summed E-state index contributed by atoms with van der Waals surface area (Å²) in [6, 6.07) is 0. The molecule has 0 saturated heterocycles. The standard InChI is InChI=1S/C6H10O2/c7-6-3-1-2-4-8-5-6/h2,4,6-7H,1,3,5H2/t6-/m0/s1. The van der Waals surface area contributed by atoms with E-state index >= 15 is 0 Å². The third kappa shape index (κ3) is 1.54. The van der Waals surface area contributed by atoms with Crippen molar-refractivity contribution in [1.82, 2.24) is 0 Å². The fourth-order valence-electron chi connectivity index (χ4n) is 0.675. The van der Waals surface area contributed by atoms with Crippen LogP contribution in [0.4, 0.5) is 0 Å². The molecule has 0 aliphatic carbocycles. The highest BCUT2D eigenvalue weighted by Crippen LogP contribution is 2.03. The second-order valence-corrected chi connectivity index (χ2v) is 1.94. The van der Waals surface area contributed by atoms with Gasteiger partial charge < -0.3 is 9.84 Å². The predicted octanol–water partition coefficient (Wildman–Crippen LogP) is 0.671. The molecule has 0 amide bonds. The van der Waals surface area contributed by atoms with Gasteiger partial charge in [-0.15, -0.1) is 0 Å². The molecule has 0 aromatic heterocycles. The second kappa shape index (κ2) is 2.72. The van der Waals surface area contributed by atoms with Crippen LogP contribution in [0.5, 0.6) is 0 Å². The first-order valence-electron chi connectivity index (χ1n) is 2.84. The average molecular weight is 114 g/mol. The number of aliphatic hydroxyl groups excluding tert-OH is 1. The van der Waals surface area contributed by atoms with Gasteiger partial charge in [0.25, 0.3) is 0 Å². The van der Waals surface area contributed by atoms with E-state index in [1.54, 1.807) is 6.26 Å². The van der Waals surface area contributed by atoms with Gasteiger partial charge in [-0.1, -0.05) is 0 Å². The lowest BCUT2D eigenvalue weighted by molar-refractivity contribution is 0.0851. The van der Waals surface area contributed by atoms with Crippen molar-refractivity contribution in [3.8, 4) is 0 Å². The summed E-state index contributed by atoms with van der Waals surface area (Å²) >= 11 is 0. The minimum atomic E-state index is -0.259. The summed E-state index contributed by atoms with van der Waals surface area (Å²) in [6.07, 6.45) is 5.08. The maximum Gasteiger partial charge on any atom is 0.113 e. The van der Waals surface area contributed by atoms with Crippen LogP contribution in [0.1, 0.15) is 12.8 Å². The first kappa shape index (κ1) is 5.63. The van der Waals surface area contributed by atoms with Gasteiger partial charge in [0.2, 0.25) is 0 Å². The lowest BCUT2D eigenvalue weighted by Gasteiger charge is -2.03. The minimum Gasteiger partial charge on any atom is -0.499 e. The Bertz CT molecular complexity index is 78.5. The maximum absolute atomic E-state index is 8.92. The molecule has 0 fully saturated rings. The highest BCUT2D eigenvalue weighted by molar-refractivity contribution is 4.78. The van der Waals surface area contributed by atoms with E-state index in [2.05, 4.69) is 0 Å². The fraction of sp³-hybridized carbons (Fsp3) is 0.667. The molecule has 2 nitrogen and oxygen atoms in total. The van der Waals surface area contributed by atoms with E-state index in [0.29, 0.717) is 6.61 Å². The molecular formula is C6H10O2. The zero-order valence-corrected chi connectivity index (χ0v) is 4.71. The summed E-state index contributed by atoms with van der Waals surface area (Å²) in [4.78, 5) is 0. The van der Waals surface area contributed by atoms with E-state index in [4.69, 9.17) is 9.84 Å². The zero-order chi connectivity index (χ0) is 5.82. The Morgan fingerprint density at radius 2 is 2.50 bits per heavy atom. The van der Waals surface area contributed by atoms with E-state index in [9.17, 15) is 0 Å². The maximum atomic E-state index is 8.92. The van der Waals surface area contributed by atoms with Crippen LogP contribution < -0.4 is 0 Å². The van der Waals surface area contributed by atoms with Crippen LogP contribution in [0.25, 0.3) is 0 Å². The van der Waals surface area contributed by atoms with Crippen LogP contribution in [0.15, 0.2) is 12.3 Å². The molecule has 0 bridgehead atoms. The number of hydrogen-bond acceptors (Lipinski definition) is 2. The molecule has 0 radical (unpaired) electrons. The van der Waals surface area contributed by atoms with Crippen molar-refractivity contribution in [3.63, 3.8) is 0 Å². The van der Waals surface area contributed by atoms with Gasteiger partial charge in [-0.3, -0.25) is 0 Å². The summed E-state index contributed by atoms with van der Waals surface area (Å²) < 4.78 is 4.88. The summed E-state index contributed by atoms with van der Waals surface area (Å²) in [6.45, 7) is 0.455. The Balaban J connectivity index is 2.28. The molecule has 1 heterocycles. The number of allylic oxidation sites excluding steroid dienone is 1. The van der Waals surface area contributed by atoms with E-state index in [1.807, 2.05) is 6.08 Å². The summed E-state index contributed by atoms with van der Waals surface area (Å²) in [5, 5.41) is 8.92. The van der Waals surface area contributed by atoms with E-state index < -0.39 is 0 Å². The number of aliphatic hydroxyl groups is 1. The second-order valence-electron chi connectivity index (χ2n) is 1.94. The third-order valence-electron chi connectivity index (χ3n) is 1.15. The molecule has 0 aromatic carbocycles. The van der Waals surface area contributed by atoms with E-state index in [-0.39, 0.29) is 6.10 Å². The van der Waals surface area contributed by atoms with E-state index in [1.165, 1.54) is 0 Å². The SMILES string of the molecule is O[C@H]1CCC=COC1. The molecule has 0 unspecified atom stereocenters. The fourth-order valence-corrected chi connectivity index (χ4v) is 0.675. The van der Waals surface area contributed by atoms with Crippen molar-refractivity contribution in [2.75, 3.05) is 6.61 Å². The summed E-state index contributed by atoms with van der Waals surface area (Å²) in [5.41, 5.74) is 0. The predicted molar refractivity (Wildman–Crippen MR) is 30.3 cm³/mol. The number of rotatable bonds is 0. The Morgan fingerprint density at radius 1 is 1.62 bits per heavy atom. The molecule has 0 spiro atoms. The average Bonchev–Trinajstić information content (AvgIpc) is 1.94. The minimum absolute atomic E-state index is 0.259. The van der Waals surface area contributed by atoms with Gasteiger partial charge in [-0.05, 0) is 18.9 Å². The van der Waals surface area contributed by atoms with Crippen LogP contribution >= 0.6 is 0 Å². The molecular weight excluding hydrogens is 104 g/mol. The van der Waals surface area contributed by atoms with Gasteiger partial charge in [0.1, 0.15) is 6.61 Å². The van der Waals surface area contributed by atoms with E-state index in [0.717, 1.165) is 12.8 Å². The molecule has 0 saturated carbocycles. The Labute approximate surface area is 48.8 Å². The topological polar surface area (TPSA) is 29.5 Å². The molecule has 1 atom stereocenters. The van der Waals surface area contributed by atoms with Crippen molar-refractivity contribution < 1.29 is 9.84 Å². The van der Waals surface area contributed by atoms with Gasteiger partial charge in [0, 0.05) is 0 Å². The van der Waals surface area contributed by atoms with Crippen LogP contribution in [0.3, 0.4) is 0 Å². The molecule has 1 N–H and O–H groups in total. The smallest absolute Gasteiger partial charge is 0.113 e. The first-order chi connectivity index (χ1) is 3.89. The Morgan fingerprint density at radius 3 is 3.38 bits per heavy atom. The number of ether oxygens (including phenoxy) is 1. The first-order valence-corrected chi connectivity index (χ1v) is 2.84. The number of hydrogen-bond donors (Lipinski definition) is 1. The molecule has 46 valence electrons. The van der Waals surface area contributed by atoms with Crippen LogP contribution in [-0.4, -0.2) is 17.8 Å². The van der Waals surface area contributed by atoms with Crippen molar-refractivity contribution in [3.05, 3.63) is 12.3 Å². The van der Waals surface area contributed by atoms with Gasteiger partial charge in [0.05, 0.1) is 12.4 Å². The highest BCUT2D eigenvalue weighted by Gasteiger charge is 2.03. The monoisotopic (exact) mass is 114 g/mol. The lowest BCUT2D eigenvalue weighted by Crippen LogP contribution is -2.10. The van der Waals surface area contributed by atoms with Gasteiger partial charge in [-0.2, -0.15) is 0 Å². The summed E-state index contributed by atoms with van der Waals surface area (Å²) in [5.74, 6) is 0. The highest BCUT2D eigenvalue weighted by atomic mass is 16.5.